The molecule has 0 bridgehead atoms. The number of hydrogen-bond donors (Lipinski definition) is 1. The Morgan fingerprint density at radius 2 is 1.96 bits per heavy atom. The van der Waals surface area contributed by atoms with E-state index in [-0.39, 0.29) is 5.91 Å². The first-order chi connectivity index (χ1) is 11.8. The van der Waals surface area contributed by atoms with E-state index in [2.05, 4.69) is 20.5 Å². The molecule has 24 heavy (non-hydrogen) atoms. The minimum absolute atomic E-state index is 0.241. The third-order valence-electron chi connectivity index (χ3n) is 3.58. The van der Waals surface area contributed by atoms with Crippen molar-refractivity contribution in [1.29, 1.82) is 0 Å². The highest BCUT2D eigenvalue weighted by Crippen LogP contribution is 2.25. The zero-order chi connectivity index (χ0) is 16.4. The van der Waals surface area contributed by atoms with E-state index in [1.165, 1.54) is 12.4 Å². The molecule has 0 radical (unpaired) electrons. The summed E-state index contributed by atoms with van der Waals surface area (Å²) in [4.78, 5) is 17.3. The maximum Gasteiger partial charge on any atom is 0.256 e. The number of furan rings is 1. The molecule has 4 aromatic rings. The molecule has 1 N–H and O–H groups in total. The Morgan fingerprint density at radius 1 is 1.04 bits per heavy atom. The molecule has 1 amide bonds. The van der Waals surface area contributed by atoms with E-state index in [4.69, 9.17) is 4.42 Å². The van der Waals surface area contributed by atoms with Crippen LogP contribution in [0.1, 0.15) is 10.4 Å². The first kappa shape index (κ1) is 14.1. The van der Waals surface area contributed by atoms with Crippen LogP contribution in [-0.2, 0) is 0 Å². The Hall–Kier alpha value is -3.54. The van der Waals surface area contributed by atoms with E-state index in [0.717, 1.165) is 10.9 Å². The summed E-state index contributed by atoms with van der Waals surface area (Å²) in [5.74, 6) is 0.370. The highest BCUT2D eigenvalue weighted by molar-refractivity contribution is 6.13. The number of aromatic nitrogens is 3. The number of carbonyl (C=O) groups excluding carboxylic acids is 1. The van der Waals surface area contributed by atoms with Gasteiger partial charge in [-0.05, 0) is 30.3 Å². The molecule has 0 atom stereocenters. The van der Waals surface area contributed by atoms with E-state index in [0.29, 0.717) is 22.7 Å². The SMILES string of the molecule is O=C(Nc1ccnnc1)c1cc(-c2ccco2)nc2ccccc12. The quantitative estimate of drug-likeness (QED) is 0.625. The summed E-state index contributed by atoms with van der Waals surface area (Å²) < 4.78 is 5.41. The van der Waals surface area contributed by atoms with E-state index in [1.54, 1.807) is 24.5 Å². The molecular formula is C18H12N4O2. The maximum absolute atomic E-state index is 12.7. The third kappa shape index (κ3) is 2.61. The fourth-order valence-corrected chi connectivity index (χ4v) is 2.48. The zero-order valence-electron chi connectivity index (χ0n) is 12.5. The minimum atomic E-state index is -0.241. The van der Waals surface area contributed by atoms with E-state index < -0.39 is 0 Å². The van der Waals surface area contributed by atoms with Gasteiger partial charge in [-0.3, -0.25) is 4.79 Å². The number of pyridine rings is 1. The number of para-hydroxylation sites is 1. The number of nitrogens with one attached hydrogen (secondary N) is 1. The molecule has 0 aliphatic carbocycles. The predicted octanol–water partition coefficient (Wildman–Crippen LogP) is 3.54. The average Bonchev–Trinajstić information content (AvgIpc) is 3.16. The van der Waals surface area contributed by atoms with Gasteiger partial charge in [-0.1, -0.05) is 18.2 Å². The summed E-state index contributed by atoms with van der Waals surface area (Å²) in [6.07, 6.45) is 4.60. The molecular weight excluding hydrogens is 304 g/mol. The monoisotopic (exact) mass is 316 g/mol. The molecule has 0 aliphatic heterocycles. The van der Waals surface area contributed by atoms with Gasteiger partial charge in [-0.25, -0.2) is 4.98 Å². The molecule has 0 saturated heterocycles. The number of benzene rings is 1. The van der Waals surface area contributed by atoms with Crippen molar-refractivity contribution in [1.82, 2.24) is 15.2 Å². The van der Waals surface area contributed by atoms with Crippen LogP contribution >= 0.6 is 0 Å². The Labute approximate surface area is 137 Å². The van der Waals surface area contributed by atoms with Gasteiger partial charge in [0, 0.05) is 5.39 Å². The summed E-state index contributed by atoms with van der Waals surface area (Å²) in [5, 5.41) is 11.1. The molecule has 116 valence electrons. The largest absolute Gasteiger partial charge is 0.463 e. The van der Waals surface area contributed by atoms with Gasteiger partial charge in [-0.2, -0.15) is 10.2 Å². The van der Waals surface area contributed by atoms with Crippen molar-refractivity contribution in [2.24, 2.45) is 0 Å². The molecule has 0 saturated carbocycles. The van der Waals surface area contributed by atoms with E-state index in [9.17, 15) is 4.79 Å². The van der Waals surface area contributed by atoms with Crippen molar-refractivity contribution in [3.05, 3.63) is 72.8 Å². The molecule has 6 nitrogen and oxygen atoms in total. The van der Waals surface area contributed by atoms with E-state index in [1.807, 2.05) is 30.3 Å². The van der Waals surface area contributed by atoms with Crippen molar-refractivity contribution in [3.8, 4) is 11.5 Å². The standard InChI is InChI=1S/C18H12N4O2/c23-18(21-12-7-8-19-20-11-12)14-10-16(17-6-3-9-24-17)22-15-5-2-1-4-13(14)15/h1-11H,(H,19,21,23). The number of amides is 1. The van der Waals surface area contributed by atoms with Crippen LogP contribution in [0.15, 0.2) is 71.6 Å². The molecule has 1 aromatic carbocycles. The van der Waals surface area contributed by atoms with Crippen molar-refractivity contribution < 1.29 is 9.21 Å². The van der Waals surface area contributed by atoms with E-state index >= 15 is 0 Å². The third-order valence-corrected chi connectivity index (χ3v) is 3.58. The molecule has 4 rings (SSSR count). The number of anilines is 1. The maximum atomic E-state index is 12.7. The van der Waals surface area contributed by atoms with Crippen LogP contribution in [0.2, 0.25) is 0 Å². The Balaban J connectivity index is 1.82. The van der Waals surface area contributed by atoms with Gasteiger partial charge in [0.15, 0.2) is 5.76 Å². The van der Waals surface area contributed by atoms with Gasteiger partial charge in [0.2, 0.25) is 0 Å². The topological polar surface area (TPSA) is 80.9 Å². The van der Waals surface area contributed by atoms with Crippen LogP contribution in [0.3, 0.4) is 0 Å². The highest BCUT2D eigenvalue weighted by Gasteiger charge is 2.15. The van der Waals surface area contributed by atoms with Crippen LogP contribution < -0.4 is 5.32 Å². The second-order valence-corrected chi connectivity index (χ2v) is 5.13. The second kappa shape index (κ2) is 5.92. The summed E-state index contributed by atoms with van der Waals surface area (Å²) in [6.45, 7) is 0. The van der Waals surface area contributed by atoms with Crippen molar-refractivity contribution in [2.45, 2.75) is 0 Å². The molecule has 3 aromatic heterocycles. The van der Waals surface area contributed by atoms with Gasteiger partial charge in [0.05, 0.1) is 35.4 Å². The van der Waals surface area contributed by atoms with Crippen molar-refractivity contribution in [2.75, 3.05) is 5.32 Å². The van der Waals surface area contributed by atoms with Crippen LogP contribution in [0.25, 0.3) is 22.4 Å². The number of hydrogen-bond acceptors (Lipinski definition) is 5. The smallest absolute Gasteiger partial charge is 0.256 e. The number of fused-ring (bicyclic) bond motifs is 1. The highest BCUT2D eigenvalue weighted by atomic mass is 16.3. The molecule has 3 heterocycles. The summed E-state index contributed by atoms with van der Waals surface area (Å²) in [6, 6.07) is 14.5. The van der Waals surface area contributed by atoms with Gasteiger partial charge in [-0.15, -0.1) is 0 Å². The van der Waals surface area contributed by atoms with Crippen LogP contribution in [-0.4, -0.2) is 21.1 Å². The second-order valence-electron chi connectivity index (χ2n) is 5.13. The number of nitrogens with zero attached hydrogens (tertiary/aromatic N) is 3. The Kier molecular flexibility index (Phi) is 3.47. The lowest BCUT2D eigenvalue weighted by Gasteiger charge is -2.09. The first-order valence-corrected chi connectivity index (χ1v) is 7.33. The van der Waals surface area contributed by atoms with Crippen LogP contribution in [0, 0.1) is 0 Å². The molecule has 0 spiro atoms. The predicted molar refractivity (Wildman–Crippen MR) is 89.4 cm³/mol. The lowest BCUT2D eigenvalue weighted by atomic mass is 10.1. The lowest BCUT2D eigenvalue weighted by molar-refractivity contribution is 0.102. The Morgan fingerprint density at radius 3 is 2.75 bits per heavy atom. The molecule has 0 aliphatic rings. The molecule has 6 heteroatoms. The fourth-order valence-electron chi connectivity index (χ4n) is 2.48. The average molecular weight is 316 g/mol. The normalized spacial score (nSPS) is 10.7. The zero-order valence-corrected chi connectivity index (χ0v) is 12.5. The summed E-state index contributed by atoms with van der Waals surface area (Å²) in [5.41, 5.74) is 2.43. The van der Waals surface area contributed by atoms with Gasteiger partial charge >= 0.3 is 0 Å². The Bertz CT molecular complexity index is 998. The fraction of sp³-hybridized carbons (Fsp3) is 0. The molecule has 0 unspecified atom stereocenters. The summed E-state index contributed by atoms with van der Waals surface area (Å²) in [7, 11) is 0. The number of rotatable bonds is 3. The van der Waals surface area contributed by atoms with Gasteiger partial charge < -0.3 is 9.73 Å². The van der Waals surface area contributed by atoms with Crippen LogP contribution in [0.4, 0.5) is 5.69 Å². The first-order valence-electron chi connectivity index (χ1n) is 7.33. The molecule has 0 fully saturated rings. The number of carbonyl (C=O) groups is 1. The lowest BCUT2D eigenvalue weighted by Crippen LogP contribution is -2.13. The van der Waals surface area contributed by atoms with Gasteiger partial charge in [0.1, 0.15) is 5.69 Å². The van der Waals surface area contributed by atoms with Crippen LogP contribution in [0.5, 0.6) is 0 Å². The minimum Gasteiger partial charge on any atom is -0.463 e. The van der Waals surface area contributed by atoms with Crippen molar-refractivity contribution in [3.63, 3.8) is 0 Å². The van der Waals surface area contributed by atoms with Gasteiger partial charge in [0.25, 0.3) is 5.91 Å². The summed E-state index contributed by atoms with van der Waals surface area (Å²) >= 11 is 0. The van der Waals surface area contributed by atoms with Crippen molar-refractivity contribution >= 4 is 22.5 Å².